The number of allylic oxidation sites excluding steroid dienone is 4. The van der Waals surface area contributed by atoms with E-state index in [1.54, 1.807) is 0 Å². The first-order valence-corrected chi connectivity index (χ1v) is 6.78. The van der Waals surface area contributed by atoms with E-state index >= 15 is 0 Å². The summed E-state index contributed by atoms with van der Waals surface area (Å²) in [6.45, 7) is 2.30. The van der Waals surface area contributed by atoms with Gasteiger partial charge in [-0.3, -0.25) is 0 Å². The SMILES string of the molecule is CC1(c2ccccc2)C=CC(c2ccccc2)=CC1. The maximum absolute atomic E-state index is 2.35. The monoisotopic (exact) mass is 246 g/mol. The first kappa shape index (κ1) is 12.0. The van der Waals surface area contributed by atoms with Gasteiger partial charge in [-0.15, -0.1) is 0 Å². The van der Waals surface area contributed by atoms with Gasteiger partial charge in [-0.25, -0.2) is 0 Å². The molecule has 0 aromatic heterocycles. The van der Waals surface area contributed by atoms with E-state index in [0.29, 0.717) is 0 Å². The van der Waals surface area contributed by atoms with E-state index in [2.05, 4.69) is 85.8 Å². The van der Waals surface area contributed by atoms with Gasteiger partial charge < -0.3 is 0 Å². The van der Waals surface area contributed by atoms with E-state index in [1.807, 2.05) is 0 Å². The lowest BCUT2D eigenvalue weighted by atomic mass is 9.75. The predicted octanol–water partition coefficient (Wildman–Crippen LogP) is 4.99. The molecule has 0 nitrogen and oxygen atoms in total. The molecule has 1 unspecified atom stereocenters. The van der Waals surface area contributed by atoms with E-state index in [0.717, 1.165) is 6.42 Å². The van der Waals surface area contributed by atoms with Crippen LogP contribution in [0, 0.1) is 0 Å². The second kappa shape index (κ2) is 4.89. The van der Waals surface area contributed by atoms with Gasteiger partial charge in [-0.1, -0.05) is 85.8 Å². The van der Waals surface area contributed by atoms with Gasteiger partial charge in [0, 0.05) is 5.41 Å². The molecule has 2 aromatic rings. The van der Waals surface area contributed by atoms with Crippen LogP contribution in [-0.4, -0.2) is 0 Å². The first-order chi connectivity index (χ1) is 9.28. The molecule has 3 rings (SSSR count). The third-order valence-electron chi connectivity index (χ3n) is 3.92. The maximum atomic E-state index is 2.35. The van der Waals surface area contributed by atoms with E-state index in [1.165, 1.54) is 16.7 Å². The number of benzene rings is 2. The van der Waals surface area contributed by atoms with Gasteiger partial charge in [-0.2, -0.15) is 0 Å². The second-order valence-electron chi connectivity index (χ2n) is 5.35. The zero-order valence-corrected chi connectivity index (χ0v) is 11.2. The van der Waals surface area contributed by atoms with Crippen molar-refractivity contribution in [3.8, 4) is 0 Å². The molecule has 0 fully saturated rings. The number of hydrogen-bond donors (Lipinski definition) is 0. The maximum Gasteiger partial charge on any atom is 0.0142 e. The second-order valence-corrected chi connectivity index (χ2v) is 5.35. The molecule has 0 saturated heterocycles. The third-order valence-corrected chi connectivity index (χ3v) is 3.92. The van der Waals surface area contributed by atoms with Crippen LogP contribution in [0.3, 0.4) is 0 Å². The van der Waals surface area contributed by atoms with E-state index < -0.39 is 0 Å². The molecule has 0 radical (unpaired) electrons. The van der Waals surface area contributed by atoms with Crippen LogP contribution in [0.4, 0.5) is 0 Å². The summed E-state index contributed by atoms with van der Waals surface area (Å²) < 4.78 is 0. The van der Waals surface area contributed by atoms with Crippen molar-refractivity contribution < 1.29 is 0 Å². The zero-order valence-electron chi connectivity index (χ0n) is 11.2. The van der Waals surface area contributed by atoms with Gasteiger partial charge in [0.25, 0.3) is 0 Å². The van der Waals surface area contributed by atoms with Gasteiger partial charge in [-0.05, 0) is 23.1 Å². The molecule has 1 aliphatic carbocycles. The molecule has 1 atom stereocenters. The normalized spacial score (nSPS) is 22.1. The van der Waals surface area contributed by atoms with E-state index in [-0.39, 0.29) is 5.41 Å². The van der Waals surface area contributed by atoms with Crippen LogP contribution in [0.1, 0.15) is 24.5 Å². The minimum Gasteiger partial charge on any atom is -0.0755 e. The van der Waals surface area contributed by atoms with E-state index in [4.69, 9.17) is 0 Å². The fraction of sp³-hybridized carbons (Fsp3) is 0.158. The molecule has 0 saturated carbocycles. The quantitative estimate of drug-likeness (QED) is 0.700. The Bertz CT molecular complexity index is 605. The minimum absolute atomic E-state index is 0.125. The molecule has 19 heavy (non-hydrogen) atoms. The molecule has 0 aliphatic heterocycles. The fourth-order valence-electron chi connectivity index (χ4n) is 2.61. The molecule has 2 aromatic carbocycles. The van der Waals surface area contributed by atoms with Crippen molar-refractivity contribution in [3.05, 3.63) is 90.0 Å². The van der Waals surface area contributed by atoms with E-state index in [9.17, 15) is 0 Å². The highest BCUT2D eigenvalue weighted by Gasteiger charge is 2.24. The summed E-state index contributed by atoms with van der Waals surface area (Å²) in [6.07, 6.45) is 8.00. The smallest absolute Gasteiger partial charge is 0.0142 e. The molecule has 94 valence electrons. The Kier molecular flexibility index (Phi) is 3.08. The van der Waals surface area contributed by atoms with Crippen molar-refractivity contribution in [2.24, 2.45) is 0 Å². The van der Waals surface area contributed by atoms with Crippen LogP contribution >= 0.6 is 0 Å². The molecule has 0 amide bonds. The molecular formula is C19H18. The Hall–Kier alpha value is -2.08. The molecule has 0 heteroatoms. The predicted molar refractivity (Wildman–Crippen MR) is 82.0 cm³/mol. The van der Waals surface area contributed by atoms with Crippen LogP contribution < -0.4 is 0 Å². The van der Waals surface area contributed by atoms with Crippen molar-refractivity contribution in [3.63, 3.8) is 0 Å². The van der Waals surface area contributed by atoms with Crippen LogP contribution in [0.2, 0.25) is 0 Å². The summed E-state index contributed by atoms with van der Waals surface area (Å²) in [5.41, 5.74) is 4.14. The van der Waals surface area contributed by atoms with Gasteiger partial charge in [0.2, 0.25) is 0 Å². The summed E-state index contributed by atoms with van der Waals surface area (Å²) in [6, 6.07) is 21.3. The van der Waals surface area contributed by atoms with Gasteiger partial charge in [0.1, 0.15) is 0 Å². The highest BCUT2D eigenvalue weighted by atomic mass is 14.3. The zero-order chi connectivity index (χ0) is 13.1. The molecule has 1 aliphatic rings. The molecule has 0 N–H and O–H groups in total. The highest BCUT2D eigenvalue weighted by Crippen LogP contribution is 2.35. The molecular weight excluding hydrogens is 228 g/mol. The van der Waals surface area contributed by atoms with Crippen LogP contribution in [0.25, 0.3) is 5.57 Å². The Morgan fingerprint density at radius 2 is 1.47 bits per heavy atom. The summed E-state index contributed by atoms with van der Waals surface area (Å²) >= 11 is 0. The Morgan fingerprint density at radius 3 is 2.05 bits per heavy atom. The van der Waals surface area contributed by atoms with Crippen molar-refractivity contribution in [1.29, 1.82) is 0 Å². The lowest BCUT2D eigenvalue weighted by Gasteiger charge is -2.28. The third kappa shape index (κ3) is 2.39. The summed E-state index contributed by atoms with van der Waals surface area (Å²) in [5, 5.41) is 0. The summed E-state index contributed by atoms with van der Waals surface area (Å²) in [7, 11) is 0. The largest absolute Gasteiger partial charge is 0.0755 e. The highest BCUT2D eigenvalue weighted by molar-refractivity contribution is 5.75. The standard InChI is InChI=1S/C19H18/c1-19(18-10-6-3-7-11-18)14-12-17(13-15-19)16-8-4-2-5-9-16/h2-14H,15H2,1H3. The summed E-state index contributed by atoms with van der Waals surface area (Å²) in [4.78, 5) is 0. The number of rotatable bonds is 2. The Balaban J connectivity index is 1.87. The van der Waals surface area contributed by atoms with Gasteiger partial charge >= 0.3 is 0 Å². The Morgan fingerprint density at radius 1 is 0.842 bits per heavy atom. The van der Waals surface area contributed by atoms with Crippen molar-refractivity contribution in [1.82, 2.24) is 0 Å². The topological polar surface area (TPSA) is 0 Å². The summed E-state index contributed by atoms with van der Waals surface area (Å²) in [5.74, 6) is 0. The minimum atomic E-state index is 0.125. The first-order valence-electron chi connectivity index (χ1n) is 6.78. The molecule has 0 spiro atoms. The van der Waals surface area contributed by atoms with Crippen molar-refractivity contribution in [2.45, 2.75) is 18.8 Å². The molecule has 0 heterocycles. The lowest BCUT2D eigenvalue weighted by Crippen LogP contribution is -2.19. The van der Waals surface area contributed by atoms with Crippen LogP contribution in [0.5, 0.6) is 0 Å². The average Bonchev–Trinajstić information content (AvgIpc) is 2.50. The molecule has 0 bridgehead atoms. The Labute approximate surface area is 115 Å². The lowest BCUT2D eigenvalue weighted by molar-refractivity contribution is 0.601. The number of hydrogen-bond acceptors (Lipinski definition) is 0. The average molecular weight is 246 g/mol. The van der Waals surface area contributed by atoms with Crippen molar-refractivity contribution >= 4 is 5.57 Å². The van der Waals surface area contributed by atoms with Crippen molar-refractivity contribution in [2.75, 3.05) is 0 Å². The van der Waals surface area contributed by atoms with Gasteiger partial charge in [0.15, 0.2) is 0 Å². The van der Waals surface area contributed by atoms with Gasteiger partial charge in [0.05, 0.1) is 0 Å². The van der Waals surface area contributed by atoms with Crippen LogP contribution in [-0.2, 0) is 5.41 Å². The van der Waals surface area contributed by atoms with Crippen LogP contribution in [0.15, 0.2) is 78.9 Å². The fourth-order valence-corrected chi connectivity index (χ4v) is 2.61.